The van der Waals surface area contributed by atoms with E-state index in [-0.39, 0.29) is 12.1 Å². The minimum atomic E-state index is -0.906. The van der Waals surface area contributed by atoms with Crippen molar-refractivity contribution in [3.8, 4) is 10.6 Å². The van der Waals surface area contributed by atoms with Crippen LogP contribution in [0.15, 0.2) is 16.8 Å². The Kier molecular flexibility index (Phi) is 4.16. The third kappa shape index (κ3) is 3.13. The van der Waals surface area contributed by atoms with Crippen LogP contribution in [-0.4, -0.2) is 44.4 Å². The van der Waals surface area contributed by atoms with Crippen LogP contribution in [0.4, 0.5) is 9.93 Å². The molecule has 0 saturated carbocycles. The molecule has 1 aliphatic rings. The predicted octanol–water partition coefficient (Wildman–Crippen LogP) is 3.03. The fraction of sp³-hybridized carbons (Fsp3) is 0.500. The molecule has 1 atom stereocenters. The van der Waals surface area contributed by atoms with Crippen LogP contribution in [0, 0.1) is 0 Å². The molecule has 3 heterocycles. The van der Waals surface area contributed by atoms with E-state index in [1.165, 1.54) is 11.3 Å². The van der Waals surface area contributed by atoms with Gasteiger partial charge in [-0.3, -0.25) is 5.32 Å². The van der Waals surface area contributed by atoms with E-state index in [4.69, 9.17) is 0 Å². The van der Waals surface area contributed by atoms with E-state index in [2.05, 4.69) is 15.5 Å². The number of hydrogen-bond acceptors (Lipinski definition) is 6. The number of carbonyl (C=O) groups excluding carboxylic acids is 1. The number of aliphatic hydroxyl groups is 1. The second-order valence-electron chi connectivity index (χ2n) is 5.86. The zero-order valence-corrected chi connectivity index (χ0v) is 14.1. The summed E-state index contributed by atoms with van der Waals surface area (Å²) in [4.78, 5) is 14.1. The molecule has 0 radical (unpaired) electrons. The summed E-state index contributed by atoms with van der Waals surface area (Å²) >= 11 is 2.95. The van der Waals surface area contributed by atoms with Gasteiger partial charge in [-0.15, -0.1) is 10.2 Å². The van der Waals surface area contributed by atoms with E-state index in [1.807, 2.05) is 16.8 Å². The molecule has 0 aliphatic carbocycles. The molecule has 3 rings (SSSR count). The van der Waals surface area contributed by atoms with Gasteiger partial charge >= 0.3 is 6.03 Å². The maximum Gasteiger partial charge on any atom is 0.324 e. The second kappa shape index (κ2) is 5.94. The maximum atomic E-state index is 12.4. The van der Waals surface area contributed by atoms with Crippen molar-refractivity contribution in [1.82, 2.24) is 15.1 Å². The van der Waals surface area contributed by atoms with Crippen LogP contribution in [0.25, 0.3) is 10.6 Å². The summed E-state index contributed by atoms with van der Waals surface area (Å²) in [6, 6.07) is 1.58. The van der Waals surface area contributed by atoms with Crippen LogP contribution in [0.5, 0.6) is 0 Å². The molecular weight excluding hydrogens is 320 g/mol. The Morgan fingerprint density at radius 2 is 2.32 bits per heavy atom. The van der Waals surface area contributed by atoms with Gasteiger partial charge in [-0.25, -0.2) is 4.79 Å². The Bertz CT molecular complexity index is 648. The Hall–Kier alpha value is -1.51. The molecule has 2 N–H and O–H groups in total. The highest BCUT2D eigenvalue weighted by atomic mass is 32.1. The number of hydrogen-bond donors (Lipinski definition) is 2. The van der Waals surface area contributed by atoms with E-state index in [9.17, 15) is 9.90 Å². The number of anilines is 1. The van der Waals surface area contributed by atoms with Gasteiger partial charge < -0.3 is 10.0 Å². The third-order valence-electron chi connectivity index (χ3n) is 3.74. The molecule has 2 aromatic heterocycles. The van der Waals surface area contributed by atoms with E-state index < -0.39 is 5.60 Å². The van der Waals surface area contributed by atoms with Crippen molar-refractivity contribution in [3.05, 3.63) is 16.8 Å². The number of thiophene rings is 1. The zero-order valence-electron chi connectivity index (χ0n) is 12.4. The highest BCUT2D eigenvalue weighted by Crippen LogP contribution is 2.30. The summed E-state index contributed by atoms with van der Waals surface area (Å²) in [5.41, 5.74) is 0.107. The largest absolute Gasteiger partial charge is 0.388 e. The first-order valence-corrected chi connectivity index (χ1v) is 8.87. The van der Waals surface area contributed by atoms with Crippen LogP contribution in [0.1, 0.15) is 26.7 Å². The van der Waals surface area contributed by atoms with Gasteiger partial charge in [0.15, 0.2) is 0 Å². The predicted molar refractivity (Wildman–Crippen MR) is 88.3 cm³/mol. The van der Waals surface area contributed by atoms with Crippen molar-refractivity contribution in [1.29, 1.82) is 0 Å². The number of rotatable bonds is 3. The first-order chi connectivity index (χ1) is 10.4. The smallest absolute Gasteiger partial charge is 0.324 e. The molecule has 1 fully saturated rings. The van der Waals surface area contributed by atoms with Crippen molar-refractivity contribution in [3.63, 3.8) is 0 Å². The number of carbonyl (C=O) groups is 1. The van der Waals surface area contributed by atoms with Crippen LogP contribution >= 0.6 is 22.7 Å². The van der Waals surface area contributed by atoms with Crippen molar-refractivity contribution >= 4 is 33.8 Å². The van der Waals surface area contributed by atoms with Crippen LogP contribution in [0.2, 0.25) is 0 Å². The lowest BCUT2D eigenvalue weighted by Crippen LogP contribution is -2.49. The van der Waals surface area contributed by atoms with Crippen molar-refractivity contribution in [2.75, 3.05) is 11.9 Å². The average Bonchev–Trinajstić information content (AvgIpc) is 3.19. The lowest BCUT2D eigenvalue weighted by atomic mass is 9.97. The monoisotopic (exact) mass is 338 g/mol. The van der Waals surface area contributed by atoms with Gasteiger partial charge in [-0.1, -0.05) is 11.3 Å². The van der Waals surface area contributed by atoms with Gasteiger partial charge in [0.25, 0.3) is 0 Å². The van der Waals surface area contributed by atoms with Gasteiger partial charge in [0, 0.05) is 17.5 Å². The first kappa shape index (κ1) is 15.4. The number of amides is 2. The normalized spacial score (nSPS) is 18.7. The van der Waals surface area contributed by atoms with Gasteiger partial charge in [-0.2, -0.15) is 11.3 Å². The lowest BCUT2D eigenvalue weighted by Gasteiger charge is -2.33. The van der Waals surface area contributed by atoms with Gasteiger partial charge in [0.05, 0.1) is 11.6 Å². The van der Waals surface area contributed by atoms with Gasteiger partial charge in [0.2, 0.25) is 5.13 Å². The standard InChI is InChI=1S/C14H18N4O2S2/c1-14(2,20)10-4-3-6-18(10)13(19)15-12-17-16-11(22-12)9-5-7-21-8-9/h5,7-8,10,20H,3-4,6H2,1-2H3,(H,15,17,19). The summed E-state index contributed by atoms with van der Waals surface area (Å²) in [5.74, 6) is 0. The molecule has 0 bridgehead atoms. The molecule has 118 valence electrons. The number of aromatic nitrogens is 2. The third-order valence-corrected chi connectivity index (χ3v) is 5.31. The van der Waals surface area contributed by atoms with E-state index >= 15 is 0 Å². The number of nitrogens with one attached hydrogen (secondary N) is 1. The van der Waals surface area contributed by atoms with Crippen LogP contribution in [0.3, 0.4) is 0 Å². The number of likely N-dealkylation sites (tertiary alicyclic amines) is 1. The molecule has 0 spiro atoms. The fourth-order valence-electron chi connectivity index (χ4n) is 2.68. The summed E-state index contributed by atoms with van der Waals surface area (Å²) in [5, 5.41) is 26.3. The Morgan fingerprint density at radius 1 is 1.50 bits per heavy atom. The maximum absolute atomic E-state index is 12.4. The average molecular weight is 338 g/mol. The highest BCUT2D eigenvalue weighted by molar-refractivity contribution is 7.19. The second-order valence-corrected chi connectivity index (χ2v) is 7.62. The van der Waals surface area contributed by atoms with Crippen molar-refractivity contribution in [2.24, 2.45) is 0 Å². The molecule has 22 heavy (non-hydrogen) atoms. The highest BCUT2D eigenvalue weighted by Gasteiger charge is 2.38. The van der Waals surface area contributed by atoms with Crippen LogP contribution < -0.4 is 5.32 Å². The number of urea groups is 1. The Labute approximate surface area is 136 Å². The summed E-state index contributed by atoms with van der Waals surface area (Å²) in [6.07, 6.45) is 1.71. The molecule has 0 aromatic carbocycles. The quantitative estimate of drug-likeness (QED) is 0.902. The summed E-state index contributed by atoms with van der Waals surface area (Å²) in [6.45, 7) is 4.13. The van der Waals surface area contributed by atoms with E-state index in [1.54, 1.807) is 30.1 Å². The molecule has 1 unspecified atom stereocenters. The lowest BCUT2D eigenvalue weighted by molar-refractivity contribution is 0.0117. The minimum absolute atomic E-state index is 0.170. The summed E-state index contributed by atoms with van der Waals surface area (Å²) in [7, 11) is 0. The molecule has 2 aromatic rings. The van der Waals surface area contributed by atoms with Gasteiger partial charge in [0.1, 0.15) is 5.01 Å². The molecule has 1 saturated heterocycles. The molecule has 8 heteroatoms. The summed E-state index contributed by atoms with van der Waals surface area (Å²) < 4.78 is 0. The zero-order chi connectivity index (χ0) is 15.7. The van der Waals surface area contributed by atoms with Crippen LogP contribution in [-0.2, 0) is 0 Å². The Balaban J connectivity index is 1.69. The van der Waals surface area contributed by atoms with Crippen molar-refractivity contribution < 1.29 is 9.90 Å². The minimum Gasteiger partial charge on any atom is -0.388 e. The number of nitrogens with zero attached hydrogens (tertiary/aromatic N) is 3. The fourth-order valence-corrected chi connectivity index (χ4v) is 4.13. The SMILES string of the molecule is CC(C)(O)C1CCCN1C(=O)Nc1nnc(-c2ccsc2)s1. The molecule has 6 nitrogen and oxygen atoms in total. The van der Waals surface area contributed by atoms with Crippen molar-refractivity contribution in [2.45, 2.75) is 38.3 Å². The molecule has 2 amide bonds. The first-order valence-electron chi connectivity index (χ1n) is 7.11. The topological polar surface area (TPSA) is 78.4 Å². The Morgan fingerprint density at radius 3 is 3.00 bits per heavy atom. The van der Waals surface area contributed by atoms with Gasteiger partial charge in [-0.05, 0) is 38.1 Å². The molecule has 1 aliphatic heterocycles. The van der Waals surface area contributed by atoms with E-state index in [0.29, 0.717) is 11.7 Å². The van der Waals surface area contributed by atoms with E-state index in [0.717, 1.165) is 23.4 Å². The molecular formula is C14H18N4O2S2.